The molecule has 0 amide bonds. The molecular formula is C25H22F4N6O. The van der Waals surface area contributed by atoms with E-state index in [1.807, 2.05) is 11.0 Å². The molecule has 0 fully saturated rings. The number of hydrogen-bond donors (Lipinski definition) is 1. The van der Waals surface area contributed by atoms with Gasteiger partial charge < -0.3 is 14.8 Å². The van der Waals surface area contributed by atoms with Gasteiger partial charge in [-0.15, -0.1) is 0 Å². The van der Waals surface area contributed by atoms with E-state index in [9.17, 15) is 22.4 Å². The third kappa shape index (κ3) is 4.25. The second-order valence-corrected chi connectivity index (χ2v) is 8.78. The summed E-state index contributed by atoms with van der Waals surface area (Å²) in [4.78, 5) is 27.6. The van der Waals surface area contributed by atoms with Gasteiger partial charge in [-0.3, -0.25) is 9.79 Å². The fraction of sp³-hybridized carbons (Fsp3) is 0.280. The lowest BCUT2D eigenvalue weighted by atomic mass is 9.98. The summed E-state index contributed by atoms with van der Waals surface area (Å²) in [5.41, 5.74) is 1.10. The number of anilines is 2. The predicted octanol–water partition coefficient (Wildman–Crippen LogP) is 4.59. The maximum absolute atomic E-state index is 14.0. The Hall–Kier alpha value is -4.02. The van der Waals surface area contributed by atoms with Gasteiger partial charge in [0.1, 0.15) is 29.1 Å². The highest BCUT2D eigenvalue weighted by Gasteiger charge is 2.34. The minimum Gasteiger partial charge on any atom is -0.363 e. The first-order valence-electron chi connectivity index (χ1n) is 11.3. The second kappa shape index (κ2) is 8.58. The van der Waals surface area contributed by atoms with Gasteiger partial charge in [0.25, 0.3) is 0 Å². The number of fused-ring (bicyclic) bond motifs is 3. The molecule has 2 aliphatic heterocycles. The molecule has 1 aromatic carbocycles. The van der Waals surface area contributed by atoms with Crippen molar-refractivity contribution in [1.82, 2.24) is 14.5 Å². The van der Waals surface area contributed by atoms with Gasteiger partial charge in [-0.25, -0.2) is 14.4 Å². The quantitative estimate of drug-likeness (QED) is 0.533. The smallest absolute Gasteiger partial charge is 0.363 e. The molecule has 0 radical (unpaired) electrons. The number of aliphatic imine (C=N–C) groups is 1. The molecule has 1 atom stereocenters. The first-order chi connectivity index (χ1) is 17.0. The SMILES string of the molecule is Cc1nc(N[C@H](C)c2cc(F)cc(C(F)(F)F)c2)c2c(n1)N1CCN=C1C(c1ccc(=O)n(C)c1)=C2. The highest BCUT2D eigenvalue weighted by molar-refractivity contribution is 6.36. The summed E-state index contributed by atoms with van der Waals surface area (Å²) in [6.07, 6.45) is -1.09. The average molecular weight is 498 g/mol. The summed E-state index contributed by atoms with van der Waals surface area (Å²) in [6.45, 7) is 4.51. The predicted molar refractivity (Wildman–Crippen MR) is 129 cm³/mol. The molecule has 0 saturated heterocycles. The van der Waals surface area contributed by atoms with Crippen LogP contribution in [0, 0.1) is 12.7 Å². The van der Waals surface area contributed by atoms with Gasteiger partial charge in [-0.1, -0.05) is 0 Å². The Kier molecular flexibility index (Phi) is 5.65. The molecule has 5 rings (SSSR count). The molecule has 2 aromatic heterocycles. The molecule has 7 nitrogen and oxygen atoms in total. The van der Waals surface area contributed by atoms with Gasteiger partial charge in [0, 0.05) is 37.0 Å². The van der Waals surface area contributed by atoms with Crippen molar-refractivity contribution >= 4 is 29.1 Å². The number of nitrogens with zero attached hydrogens (tertiary/aromatic N) is 5. The molecule has 0 saturated carbocycles. The van der Waals surface area contributed by atoms with Crippen LogP contribution in [0.25, 0.3) is 11.6 Å². The van der Waals surface area contributed by atoms with Crippen LogP contribution >= 0.6 is 0 Å². The number of amidine groups is 1. The first kappa shape index (κ1) is 23.7. The van der Waals surface area contributed by atoms with Crippen LogP contribution in [0.5, 0.6) is 0 Å². The first-order valence-corrected chi connectivity index (χ1v) is 11.3. The summed E-state index contributed by atoms with van der Waals surface area (Å²) in [5.74, 6) is 1.24. The Balaban J connectivity index is 1.60. The molecule has 0 bridgehead atoms. The maximum atomic E-state index is 14.0. The summed E-state index contributed by atoms with van der Waals surface area (Å²) >= 11 is 0. The van der Waals surface area contributed by atoms with Crippen molar-refractivity contribution in [3.05, 3.63) is 80.8 Å². The monoisotopic (exact) mass is 498 g/mol. The lowest BCUT2D eigenvalue weighted by Gasteiger charge is -2.29. The molecule has 36 heavy (non-hydrogen) atoms. The standard InChI is InChI=1S/C25H22F4N6O/c1-13(16-8-17(25(27,28)29)10-18(26)9-16)31-22-20-11-19(15-4-5-21(36)34(3)12-15)23-30-6-7-35(23)24(20)33-14(2)32-22/h4-5,8-13H,6-7H2,1-3H3,(H,31,32,33)/t13-/m1/s1. The number of alkyl halides is 3. The molecule has 1 N–H and O–H groups in total. The number of pyridine rings is 1. The fourth-order valence-corrected chi connectivity index (χ4v) is 4.39. The third-order valence-electron chi connectivity index (χ3n) is 6.16. The van der Waals surface area contributed by atoms with Crippen LogP contribution in [0.2, 0.25) is 0 Å². The third-order valence-corrected chi connectivity index (χ3v) is 6.16. The zero-order chi connectivity index (χ0) is 25.8. The van der Waals surface area contributed by atoms with Crippen LogP contribution in [0.3, 0.4) is 0 Å². The number of benzene rings is 1. The Morgan fingerprint density at radius 2 is 1.92 bits per heavy atom. The summed E-state index contributed by atoms with van der Waals surface area (Å²) in [6, 6.07) is 4.98. The zero-order valence-electron chi connectivity index (χ0n) is 19.7. The van der Waals surface area contributed by atoms with Crippen LogP contribution < -0.4 is 15.8 Å². The second-order valence-electron chi connectivity index (χ2n) is 8.78. The molecular weight excluding hydrogens is 476 g/mol. The normalized spacial score (nSPS) is 15.7. The molecule has 0 spiro atoms. The average Bonchev–Trinajstić information content (AvgIpc) is 3.30. The van der Waals surface area contributed by atoms with E-state index in [1.165, 1.54) is 10.6 Å². The Morgan fingerprint density at radius 1 is 1.14 bits per heavy atom. The van der Waals surface area contributed by atoms with Crippen LogP contribution in [0.4, 0.5) is 29.2 Å². The van der Waals surface area contributed by atoms with Crippen molar-refractivity contribution in [2.75, 3.05) is 23.3 Å². The van der Waals surface area contributed by atoms with Gasteiger partial charge >= 0.3 is 6.18 Å². The highest BCUT2D eigenvalue weighted by atomic mass is 19.4. The minimum atomic E-state index is -4.67. The van der Waals surface area contributed by atoms with E-state index >= 15 is 0 Å². The maximum Gasteiger partial charge on any atom is 0.416 e. The molecule has 186 valence electrons. The minimum absolute atomic E-state index is 0.133. The number of aryl methyl sites for hydroxylation is 2. The van der Waals surface area contributed by atoms with Gasteiger partial charge in [0.05, 0.1) is 23.7 Å². The largest absolute Gasteiger partial charge is 0.416 e. The van der Waals surface area contributed by atoms with Gasteiger partial charge in [0.15, 0.2) is 0 Å². The van der Waals surface area contributed by atoms with E-state index in [1.54, 1.807) is 33.2 Å². The van der Waals surface area contributed by atoms with Crippen molar-refractivity contribution in [2.45, 2.75) is 26.1 Å². The van der Waals surface area contributed by atoms with Crippen LogP contribution in [0.1, 0.15) is 41.0 Å². The highest BCUT2D eigenvalue weighted by Crippen LogP contribution is 2.39. The van der Waals surface area contributed by atoms with Crippen molar-refractivity contribution in [2.24, 2.45) is 12.0 Å². The van der Waals surface area contributed by atoms with Crippen molar-refractivity contribution in [3.63, 3.8) is 0 Å². The molecule has 2 aliphatic rings. The van der Waals surface area contributed by atoms with Gasteiger partial charge in [0.2, 0.25) is 5.56 Å². The lowest BCUT2D eigenvalue weighted by molar-refractivity contribution is -0.137. The van der Waals surface area contributed by atoms with E-state index in [2.05, 4.69) is 20.3 Å². The topological polar surface area (TPSA) is 75.4 Å². The van der Waals surface area contributed by atoms with Crippen LogP contribution in [0.15, 0.2) is 46.3 Å². The zero-order valence-corrected chi connectivity index (χ0v) is 19.7. The molecule has 0 aliphatic carbocycles. The summed E-state index contributed by atoms with van der Waals surface area (Å²) in [5, 5.41) is 3.15. The van der Waals surface area contributed by atoms with Crippen molar-refractivity contribution < 1.29 is 17.6 Å². The van der Waals surface area contributed by atoms with E-state index in [0.29, 0.717) is 42.2 Å². The Bertz CT molecular complexity index is 1490. The van der Waals surface area contributed by atoms with Gasteiger partial charge in [-0.2, -0.15) is 13.2 Å². The summed E-state index contributed by atoms with van der Waals surface area (Å²) in [7, 11) is 1.66. The number of rotatable bonds is 4. The lowest BCUT2D eigenvalue weighted by Crippen LogP contribution is -2.33. The number of hydrogen-bond acceptors (Lipinski definition) is 6. The summed E-state index contributed by atoms with van der Waals surface area (Å²) < 4.78 is 55.2. The number of nitrogens with one attached hydrogen (secondary N) is 1. The van der Waals surface area contributed by atoms with Crippen molar-refractivity contribution in [1.29, 1.82) is 0 Å². The van der Waals surface area contributed by atoms with Crippen molar-refractivity contribution in [3.8, 4) is 0 Å². The van der Waals surface area contributed by atoms with Crippen LogP contribution in [-0.4, -0.2) is 33.5 Å². The van der Waals surface area contributed by atoms with E-state index < -0.39 is 23.6 Å². The Labute approximate surface area is 203 Å². The van der Waals surface area contributed by atoms with E-state index in [0.717, 1.165) is 29.1 Å². The van der Waals surface area contributed by atoms with Crippen LogP contribution in [-0.2, 0) is 13.2 Å². The van der Waals surface area contributed by atoms with Gasteiger partial charge in [-0.05, 0) is 49.8 Å². The Morgan fingerprint density at radius 3 is 2.64 bits per heavy atom. The fourth-order valence-electron chi connectivity index (χ4n) is 4.39. The van der Waals surface area contributed by atoms with E-state index in [-0.39, 0.29) is 11.1 Å². The molecule has 3 aromatic rings. The molecule has 0 unspecified atom stereocenters. The number of aromatic nitrogens is 3. The molecule has 11 heteroatoms. The number of halogens is 4. The van der Waals surface area contributed by atoms with E-state index in [4.69, 9.17) is 0 Å². The molecule has 4 heterocycles.